The molecule has 1 unspecified atom stereocenters. The van der Waals surface area contributed by atoms with Crippen LogP contribution < -0.4 is 4.57 Å². The fraction of sp³-hybridized carbons (Fsp3) is 0.478. The minimum atomic E-state index is -0.133. The summed E-state index contributed by atoms with van der Waals surface area (Å²) in [4.78, 5) is 12.3. The second kappa shape index (κ2) is 12.2. The van der Waals surface area contributed by atoms with Crippen molar-refractivity contribution in [3.05, 3.63) is 66.5 Å². The third-order valence-corrected chi connectivity index (χ3v) is 4.73. The number of esters is 1. The zero-order valence-corrected chi connectivity index (χ0v) is 16.0. The third kappa shape index (κ3) is 7.38. The Morgan fingerprint density at radius 1 is 0.885 bits per heavy atom. The topological polar surface area (TPSA) is 30.2 Å². The quantitative estimate of drug-likeness (QED) is 0.303. The van der Waals surface area contributed by atoms with Gasteiger partial charge in [0, 0.05) is 18.6 Å². The van der Waals surface area contributed by atoms with Crippen LogP contribution in [0, 0.1) is 0 Å². The van der Waals surface area contributed by atoms with E-state index in [9.17, 15) is 4.79 Å². The maximum Gasteiger partial charge on any atom is 0.313 e. The van der Waals surface area contributed by atoms with Crippen molar-refractivity contribution in [3.63, 3.8) is 0 Å². The molecule has 0 fully saturated rings. The van der Waals surface area contributed by atoms with Gasteiger partial charge in [-0.2, -0.15) is 0 Å². The summed E-state index contributed by atoms with van der Waals surface area (Å²) in [6.07, 6.45) is 12.1. The molecule has 3 heteroatoms. The average Bonchev–Trinajstić information content (AvgIpc) is 2.69. The average molecular weight is 355 g/mol. The molecule has 2 rings (SSSR count). The molecular weight excluding hydrogens is 322 g/mol. The van der Waals surface area contributed by atoms with E-state index in [1.165, 1.54) is 25.7 Å². The largest absolute Gasteiger partial charge is 0.465 e. The highest BCUT2D eigenvalue weighted by molar-refractivity contribution is 5.78. The van der Waals surface area contributed by atoms with Crippen molar-refractivity contribution in [3.8, 4) is 0 Å². The number of aryl methyl sites for hydroxylation is 1. The molecule has 2 aromatic rings. The molecule has 1 aromatic carbocycles. The number of pyridine rings is 1. The molecule has 1 aromatic heterocycles. The highest BCUT2D eigenvalue weighted by Gasteiger charge is 2.19. The molecule has 0 aliphatic heterocycles. The van der Waals surface area contributed by atoms with Gasteiger partial charge in [-0.25, -0.2) is 4.57 Å². The molecule has 140 valence electrons. The van der Waals surface area contributed by atoms with Crippen molar-refractivity contribution in [1.29, 1.82) is 0 Å². The fourth-order valence-electron chi connectivity index (χ4n) is 3.18. The molecule has 0 radical (unpaired) electrons. The van der Waals surface area contributed by atoms with E-state index in [2.05, 4.69) is 29.1 Å². The van der Waals surface area contributed by atoms with Crippen LogP contribution in [-0.2, 0) is 16.1 Å². The number of hydrogen-bond donors (Lipinski definition) is 0. The summed E-state index contributed by atoms with van der Waals surface area (Å²) in [5.41, 5.74) is 1.05. The Hall–Kier alpha value is -2.16. The smallest absolute Gasteiger partial charge is 0.313 e. The summed E-state index contributed by atoms with van der Waals surface area (Å²) in [5.74, 6) is -0.217. The predicted molar refractivity (Wildman–Crippen MR) is 105 cm³/mol. The van der Waals surface area contributed by atoms with Gasteiger partial charge >= 0.3 is 5.97 Å². The van der Waals surface area contributed by atoms with Gasteiger partial charge in [-0.15, -0.1) is 0 Å². The van der Waals surface area contributed by atoms with E-state index in [1.54, 1.807) is 0 Å². The van der Waals surface area contributed by atoms with Crippen molar-refractivity contribution < 1.29 is 14.1 Å². The molecule has 1 atom stereocenters. The summed E-state index contributed by atoms with van der Waals surface area (Å²) < 4.78 is 7.73. The predicted octanol–water partition coefficient (Wildman–Crippen LogP) is 5.05. The summed E-state index contributed by atoms with van der Waals surface area (Å²) in [7, 11) is 0. The number of hydrogen-bond acceptors (Lipinski definition) is 2. The van der Waals surface area contributed by atoms with E-state index in [4.69, 9.17) is 4.74 Å². The minimum absolute atomic E-state index is 0.0846. The number of nitrogens with zero attached hydrogens (tertiary/aromatic N) is 1. The second-order valence-electron chi connectivity index (χ2n) is 6.77. The van der Waals surface area contributed by atoms with Gasteiger partial charge in [0.2, 0.25) is 0 Å². The second-order valence-corrected chi connectivity index (χ2v) is 6.77. The molecular formula is C23H32NO2+. The molecule has 1 heterocycles. The third-order valence-electron chi connectivity index (χ3n) is 4.73. The van der Waals surface area contributed by atoms with Crippen molar-refractivity contribution in [2.75, 3.05) is 6.61 Å². The Morgan fingerprint density at radius 2 is 1.50 bits per heavy atom. The van der Waals surface area contributed by atoms with Crippen molar-refractivity contribution in [2.45, 2.75) is 64.3 Å². The SMILES string of the molecule is CCC(C(=O)OCCCCCCCC[n+]1ccccc1)c1ccccc1. The molecule has 0 aliphatic rings. The first-order valence-electron chi connectivity index (χ1n) is 9.97. The maximum atomic E-state index is 12.3. The summed E-state index contributed by atoms with van der Waals surface area (Å²) in [5, 5.41) is 0. The van der Waals surface area contributed by atoms with Gasteiger partial charge in [0.15, 0.2) is 12.4 Å². The van der Waals surface area contributed by atoms with Gasteiger partial charge in [-0.05, 0) is 24.8 Å². The van der Waals surface area contributed by atoms with Crippen LogP contribution in [0.5, 0.6) is 0 Å². The van der Waals surface area contributed by atoms with Crippen LogP contribution in [0.3, 0.4) is 0 Å². The van der Waals surface area contributed by atoms with Crippen molar-refractivity contribution in [1.82, 2.24) is 0 Å². The molecule has 0 amide bonds. The van der Waals surface area contributed by atoms with E-state index in [0.717, 1.165) is 31.4 Å². The molecule has 0 N–H and O–H groups in total. The Kier molecular flexibility index (Phi) is 9.48. The molecule has 0 saturated heterocycles. The van der Waals surface area contributed by atoms with E-state index in [-0.39, 0.29) is 11.9 Å². The summed E-state index contributed by atoms with van der Waals surface area (Å²) >= 11 is 0. The molecule has 0 bridgehead atoms. The zero-order valence-electron chi connectivity index (χ0n) is 16.0. The summed E-state index contributed by atoms with van der Waals surface area (Å²) in [6, 6.07) is 16.1. The fourth-order valence-corrected chi connectivity index (χ4v) is 3.18. The Balaban J connectivity index is 1.50. The first kappa shape index (κ1) is 20.2. The number of carbonyl (C=O) groups is 1. The van der Waals surface area contributed by atoms with Crippen LogP contribution in [0.4, 0.5) is 0 Å². The van der Waals surface area contributed by atoms with Crippen molar-refractivity contribution in [2.24, 2.45) is 0 Å². The first-order chi connectivity index (χ1) is 12.8. The molecule has 26 heavy (non-hydrogen) atoms. The highest BCUT2D eigenvalue weighted by Crippen LogP contribution is 2.20. The standard InChI is InChI=1S/C23H32NO2/c1-2-22(21-15-9-7-10-16-21)23(25)26-20-14-6-4-3-5-11-17-24-18-12-8-13-19-24/h7-10,12-13,15-16,18-19,22H,2-6,11,14,17,20H2,1H3/q+1. The number of aromatic nitrogens is 1. The monoisotopic (exact) mass is 354 g/mol. The van der Waals surface area contributed by atoms with Gasteiger partial charge in [0.05, 0.1) is 12.5 Å². The lowest BCUT2D eigenvalue weighted by Crippen LogP contribution is -2.32. The van der Waals surface area contributed by atoms with Crippen LogP contribution in [0.1, 0.15) is 63.4 Å². The van der Waals surface area contributed by atoms with Gasteiger partial charge in [0.1, 0.15) is 6.54 Å². The van der Waals surface area contributed by atoms with Crippen LogP contribution in [0.2, 0.25) is 0 Å². The Labute approximate surface area is 158 Å². The number of rotatable bonds is 12. The van der Waals surface area contributed by atoms with E-state index in [1.807, 2.05) is 43.3 Å². The number of unbranched alkanes of at least 4 members (excludes halogenated alkanes) is 5. The number of ether oxygens (including phenoxy) is 1. The molecule has 0 spiro atoms. The summed E-state index contributed by atoms with van der Waals surface area (Å²) in [6.45, 7) is 3.67. The zero-order chi connectivity index (χ0) is 18.5. The van der Waals surface area contributed by atoms with E-state index < -0.39 is 0 Å². The Morgan fingerprint density at radius 3 is 2.19 bits per heavy atom. The number of benzene rings is 1. The number of carbonyl (C=O) groups excluding carboxylic acids is 1. The lowest BCUT2D eigenvalue weighted by atomic mass is 9.97. The van der Waals surface area contributed by atoms with E-state index >= 15 is 0 Å². The lowest BCUT2D eigenvalue weighted by molar-refractivity contribution is -0.697. The van der Waals surface area contributed by atoms with Crippen molar-refractivity contribution >= 4 is 5.97 Å². The van der Waals surface area contributed by atoms with Crippen LogP contribution in [-0.4, -0.2) is 12.6 Å². The molecule has 0 aliphatic carbocycles. The normalized spacial score (nSPS) is 11.9. The lowest BCUT2D eigenvalue weighted by Gasteiger charge is -2.14. The van der Waals surface area contributed by atoms with Gasteiger partial charge in [0.25, 0.3) is 0 Å². The molecule has 0 saturated carbocycles. The van der Waals surface area contributed by atoms with Crippen LogP contribution in [0.15, 0.2) is 60.9 Å². The maximum absolute atomic E-state index is 12.3. The van der Waals surface area contributed by atoms with Crippen LogP contribution in [0.25, 0.3) is 0 Å². The highest BCUT2D eigenvalue weighted by atomic mass is 16.5. The minimum Gasteiger partial charge on any atom is -0.465 e. The molecule has 3 nitrogen and oxygen atoms in total. The Bertz CT molecular complexity index is 613. The van der Waals surface area contributed by atoms with Gasteiger partial charge in [-0.1, -0.05) is 62.6 Å². The first-order valence-corrected chi connectivity index (χ1v) is 9.97. The van der Waals surface area contributed by atoms with Gasteiger partial charge in [-0.3, -0.25) is 4.79 Å². The van der Waals surface area contributed by atoms with Gasteiger partial charge < -0.3 is 4.74 Å². The van der Waals surface area contributed by atoms with E-state index in [0.29, 0.717) is 6.61 Å². The van der Waals surface area contributed by atoms with Crippen LogP contribution >= 0.6 is 0 Å².